The maximum absolute atomic E-state index is 12.9. The van der Waals surface area contributed by atoms with Crippen molar-refractivity contribution in [3.05, 3.63) is 170 Å². The quantitative estimate of drug-likeness (QED) is 0.0261. The van der Waals surface area contributed by atoms with Crippen LogP contribution in [0.4, 0.5) is 0 Å². The van der Waals surface area contributed by atoms with Crippen molar-refractivity contribution < 1.29 is 28.6 Å². The van der Waals surface area contributed by atoms with E-state index in [1.54, 1.807) is 0 Å². The minimum absolute atomic E-state index is 0.125. The average Bonchev–Trinajstić information content (AvgIpc) is 3.43. The SMILES string of the molecule is CC/C=C\C/C=C\C/C=C\C/C=C\C/C=C\C/C=C\CCC(=O)OC(COC(=O)CCCCCCCCC/C=C\C/C=C\C/C=C\CC)COC(=O)CCCCCCCCC/C=C\C/C=C\C/C=C\C/C=C\C/C=C\CC. The molecule has 0 N–H and O–H groups in total. The van der Waals surface area contributed by atoms with E-state index in [4.69, 9.17) is 14.2 Å². The fourth-order valence-corrected chi connectivity index (χ4v) is 7.74. The Balaban J connectivity index is 4.55. The molecule has 0 aromatic rings. The van der Waals surface area contributed by atoms with Crippen LogP contribution >= 0.6 is 0 Å². The van der Waals surface area contributed by atoms with Gasteiger partial charge in [-0.05, 0) is 135 Å². The maximum atomic E-state index is 12.9. The predicted molar refractivity (Wildman–Crippen MR) is 334 cm³/mol. The van der Waals surface area contributed by atoms with Crippen LogP contribution in [-0.4, -0.2) is 37.2 Å². The van der Waals surface area contributed by atoms with E-state index in [0.717, 1.165) is 148 Å². The number of hydrogen-bond donors (Lipinski definition) is 0. The lowest BCUT2D eigenvalue weighted by atomic mass is 10.1. The first-order chi connectivity index (χ1) is 38.0. The van der Waals surface area contributed by atoms with Crippen LogP contribution in [0.2, 0.25) is 0 Å². The van der Waals surface area contributed by atoms with E-state index in [1.165, 1.54) is 44.9 Å². The summed E-state index contributed by atoms with van der Waals surface area (Å²) in [7, 11) is 0. The van der Waals surface area contributed by atoms with E-state index in [1.807, 2.05) is 12.2 Å². The van der Waals surface area contributed by atoms with E-state index in [9.17, 15) is 14.4 Å². The number of carbonyl (C=O) groups excluding carboxylic acids is 3. The zero-order valence-corrected chi connectivity index (χ0v) is 49.1. The van der Waals surface area contributed by atoms with Gasteiger partial charge in [0.25, 0.3) is 0 Å². The fraction of sp³-hybridized carbons (Fsp3) is 0.563. The second kappa shape index (κ2) is 63.3. The molecule has 0 saturated heterocycles. The molecule has 0 radical (unpaired) electrons. The molecule has 0 aromatic heterocycles. The van der Waals surface area contributed by atoms with Gasteiger partial charge in [-0.2, -0.15) is 0 Å². The summed E-state index contributed by atoms with van der Waals surface area (Å²) < 4.78 is 16.8. The normalized spacial score (nSPS) is 13.3. The van der Waals surface area contributed by atoms with E-state index < -0.39 is 12.1 Å². The number of ether oxygens (including phenoxy) is 3. The van der Waals surface area contributed by atoms with Gasteiger partial charge in [0.15, 0.2) is 6.10 Å². The molecule has 0 rings (SSSR count). The Bertz CT molecular complexity index is 1790. The highest BCUT2D eigenvalue weighted by molar-refractivity contribution is 5.71. The standard InChI is InChI=1S/C71H110O6/c1-4-7-10-13-16-19-22-25-28-31-33-34-35-36-38-40-43-46-49-52-55-58-61-64-70(73)76-67-68(66-75-69(72)63-60-57-54-51-48-45-42-39-30-27-24-21-18-15-12-9-6-3)77-71(74)65-62-59-56-53-50-47-44-41-37-32-29-26-23-20-17-14-11-8-5-2/h7-12,16-21,25-30,33-34,36-38,41,47,50,56,59,68H,4-6,13-15,22-24,31-32,35,39-40,42-46,48-49,51-55,57-58,60-67H2,1-3H3/b10-7-,11-8-,12-9-,19-16-,20-17-,21-18-,28-25-,29-26-,30-27-,34-33-,38-36-,41-37-,50-47-,59-56-. The molecule has 0 aliphatic heterocycles. The Hall–Kier alpha value is -5.23. The third-order valence-electron chi connectivity index (χ3n) is 12.2. The predicted octanol–water partition coefficient (Wildman–Crippen LogP) is 21.1. The second-order valence-corrected chi connectivity index (χ2v) is 19.5. The molecule has 6 heteroatoms. The van der Waals surface area contributed by atoms with Gasteiger partial charge in [-0.25, -0.2) is 0 Å². The van der Waals surface area contributed by atoms with Crippen LogP contribution in [-0.2, 0) is 28.6 Å². The van der Waals surface area contributed by atoms with E-state index in [0.29, 0.717) is 19.3 Å². The molecule has 1 unspecified atom stereocenters. The van der Waals surface area contributed by atoms with Crippen molar-refractivity contribution in [2.24, 2.45) is 0 Å². The van der Waals surface area contributed by atoms with Crippen molar-refractivity contribution >= 4 is 17.9 Å². The minimum atomic E-state index is -0.838. The summed E-state index contributed by atoms with van der Waals surface area (Å²) in [5.74, 6) is -1.04. The monoisotopic (exact) mass is 1060 g/mol. The Morgan fingerprint density at radius 2 is 0.494 bits per heavy atom. The zero-order valence-electron chi connectivity index (χ0n) is 49.1. The lowest BCUT2D eigenvalue weighted by Crippen LogP contribution is -2.30. The third-order valence-corrected chi connectivity index (χ3v) is 12.2. The highest BCUT2D eigenvalue weighted by Gasteiger charge is 2.19. The van der Waals surface area contributed by atoms with Gasteiger partial charge in [0.05, 0.1) is 0 Å². The third kappa shape index (κ3) is 61.5. The fourth-order valence-electron chi connectivity index (χ4n) is 7.74. The first kappa shape index (κ1) is 71.8. The van der Waals surface area contributed by atoms with Gasteiger partial charge in [0.2, 0.25) is 0 Å². The summed E-state index contributed by atoms with van der Waals surface area (Å²) in [5, 5.41) is 0. The molecule has 0 aromatic carbocycles. The molecule has 1 atom stereocenters. The average molecular weight is 1060 g/mol. The van der Waals surface area contributed by atoms with E-state index >= 15 is 0 Å². The summed E-state index contributed by atoms with van der Waals surface area (Å²) in [6, 6.07) is 0. The molecule has 6 nitrogen and oxygen atoms in total. The molecule has 430 valence electrons. The highest BCUT2D eigenvalue weighted by Crippen LogP contribution is 2.13. The van der Waals surface area contributed by atoms with Gasteiger partial charge in [-0.3, -0.25) is 14.4 Å². The van der Waals surface area contributed by atoms with Gasteiger partial charge < -0.3 is 14.2 Å². The number of unbranched alkanes of at least 4 members (excludes halogenated alkanes) is 14. The Kier molecular flexibility index (Phi) is 59.0. The highest BCUT2D eigenvalue weighted by atomic mass is 16.6. The summed E-state index contributed by atoms with van der Waals surface area (Å²) in [5.41, 5.74) is 0. The van der Waals surface area contributed by atoms with Gasteiger partial charge in [0.1, 0.15) is 13.2 Å². The Morgan fingerprint density at radius 1 is 0.260 bits per heavy atom. The second-order valence-electron chi connectivity index (χ2n) is 19.5. The lowest BCUT2D eigenvalue weighted by molar-refractivity contribution is -0.166. The molecular weight excluding hydrogens is 949 g/mol. The first-order valence-corrected chi connectivity index (χ1v) is 30.6. The molecule has 0 aliphatic rings. The van der Waals surface area contributed by atoms with Gasteiger partial charge >= 0.3 is 17.9 Å². The van der Waals surface area contributed by atoms with Crippen molar-refractivity contribution in [3.8, 4) is 0 Å². The van der Waals surface area contributed by atoms with E-state index in [-0.39, 0.29) is 31.6 Å². The molecule has 0 amide bonds. The van der Waals surface area contributed by atoms with Crippen LogP contribution in [0.25, 0.3) is 0 Å². The number of allylic oxidation sites excluding steroid dienone is 28. The Morgan fingerprint density at radius 3 is 0.779 bits per heavy atom. The summed E-state index contributed by atoms with van der Waals surface area (Å²) >= 11 is 0. The van der Waals surface area contributed by atoms with Crippen LogP contribution in [0, 0.1) is 0 Å². The van der Waals surface area contributed by atoms with Crippen molar-refractivity contribution in [2.75, 3.05) is 13.2 Å². The molecule has 0 aliphatic carbocycles. The number of rotatable bonds is 53. The number of esters is 3. The van der Waals surface area contributed by atoms with Gasteiger partial charge in [-0.1, -0.05) is 255 Å². The van der Waals surface area contributed by atoms with Crippen LogP contribution in [0.5, 0.6) is 0 Å². The van der Waals surface area contributed by atoms with Crippen LogP contribution in [0.1, 0.15) is 239 Å². The molecule has 0 saturated carbocycles. The van der Waals surface area contributed by atoms with Crippen LogP contribution in [0.15, 0.2) is 170 Å². The van der Waals surface area contributed by atoms with Crippen molar-refractivity contribution in [2.45, 2.75) is 245 Å². The largest absolute Gasteiger partial charge is 0.462 e. The maximum Gasteiger partial charge on any atom is 0.306 e. The molecule has 0 fully saturated rings. The van der Waals surface area contributed by atoms with Crippen molar-refractivity contribution in [3.63, 3.8) is 0 Å². The molecule has 0 heterocycles. The topological polar surface area (TPSA) is 78.9 Å². The molecule has 0 spiro atoms. The van der Waals surface area contributed by atoms with Crippen molar-refractivity contribution in [1.29, 1.82) is 0 Å². The van der Waals surface area contributed by atoms with E-state index in [2.05, 4.69) is 179 Å². The number of carbonyl (C=O) groups is 3. The summed E-state index contributed by atoms with van der Waals surface area (Å²) in [6.07, 6.45) is 93.6. The summed E-state index contributed by atoms with van der Waals surface area (Å²) in [4.78, 5) is 38.3. The minimum Gasteiger partial charge on any atom is -0.462 e. The van der Waals surface area contributed by atoms with Crippen molar-refractivity contribution in [1.82, 2.24) is 0 Å². The smallest absolute Gasteiger partial charge is 0.306 e. The van der Waals surface area contributed by atoms with Gasteiger partial charge in [-0.15, -0.1) is 0 Å². The molecular formula is C71H110O6. The van der Waals surface area contributed by atoms with Crippen LogP contribution in [0.3, 0.4) is 0 Å². The lowest BCUT2D eigenvalue weighted by Gasteiger charge is -2.18. The first-order valence-electron chi connectivity index (χ1n) is 30.6. The van der Waals surface area contributed by atoms with Gasteiger partial charge in [0, 0.05) is 19.3 Å². The zero-order chi connectivity index (χ0) is 55.7. The summed E-state index contributed by atoms with van der Waals surface area (Å²) in [6.45, 7) is 6.21. The number of hydrogen-bond acceptors (Lipinski definition) is 6. The Labute approximate surface area is 472 Å². The molecule has 77 heavy (non-hydrogen) atoms. The van der Waals surface area contributed by atoms with Crippen LogP contribution < -0.4 is 0 Å². The molecule has 0 bridgehead atoms.